The van der Waals surface area contributed by atoms with E-state index < -0.39 is 0 Å². The zero-order valence-corrected chi connectivity index (χ0v) is 11.4. The minimum atomic E-state index is 0.0473. The molecule has 106 valence electrons. The lowest BCUT2D eigenvalue weighted by Gasteiger charge is -2.11. The maximum absolute atomic E-state index is 8.74. The molecule has 0 bridgehead atoms. The third kappa shape index (κ3) is 3.28. The highest BCUT2D eigenvalue weighted by atomic mass is 16.5. The molecule has 0 fully saturated rings. The Hall–Kier alpha value is -2.50. The lowest BCUT2D eigenvalue weighted by molar-refractivity contribution is 0.299. The topological polar surface area (TPSA) is 85.7 Å². The standard InChI is InChI=1S/C14H18N4O2/c1-11-16-7-9-18(11)8-4-10-20-13-6-3-2-5-12(13)14(15)17-19/h2-3,5-7,9,19H,4,8,10H2,1H3,(H2,15,17). The zero-order chi connectivity index (χ0) is 14.4. The van der Waals surface area contributed by atoms with Gasteiger partial charge in [0.1, 0.15) is 11.6 Å². The molecule has 6 heteroatoms. The number of benzene rings is 1. The van der Waals surface area contributed by atoms with Crippen LogP contribution in [0, 0.1) is 6.92 Å². The number of imidazole rings is 1. The van der Waals surface area contributed by atoms with Crippen LogP contribution in [0.4, 0.5) is 0 Å². The SMILES string of the molecule is Cc1nccn1CCCOc1ccccc1C(N)=NO. The van der Waals surface area contributed by atoms with E-state index in [4.69, 9.17) is 15.7 Å². The summed E-state index contributed by atoms with van der Waals surface area (Å²) < 4.78 is 7.76. The van der Waals surface area contributed by atoms with E-state index in [9.17, 15) is 0 Å². The smallest absolute Gasteiger partial charge is 0.173 e. The van der Waals surface area contributed by atoms with Gasteiger partial charge in [-0.25, -0.2) is 4.98 Å². The van der Waals surface area contributed by atoms with Crippen LogP contribution in [0.15, 0.2) is 41.8 Å². The van der Waals surface area contributed by atoms with E-state index in [1.807, 2.05) is 25.3 Å². The number of amidine groups is 1. The van der Waals surface area contributed by atoms with Crippen molar-refractivity contribution in [3.63, 3.8) is 0 Å². The number of nitrogens with zero attached hydrogens (tertiary/aromatic N) is 3. The van der Waals surface area contributed by atoms with Crippen LogP contribution < -0.4 is 10.5 Å². The Morgan fingerprint density at radius 2 is 2.25 bits per heavy atom. The Bertz CT molecular complexity index is 592. The van der Waals surface area contributed by atoms with Crippen molar-refractivity contribution in [2.45, 2.75) is 19.9 Å². The van der Waals surface area contributed by atoms with Gasteiger partial charge >= 0.3 is 0 Å². The second-order valence-electron chi connectivity index (χ2n) is 4.35. The summed E-state index contributed by atoms with van der Waals surface area (Å²) in [5.41, 5.74) is 6.20. The van der Waals surface area contributed by atoms with Crippen LogP contribution in [-0.2, 0) is 6.54 Å². The molecule has 0 saturated carbocycles. The fourth-order valence-corrected chi connectivity index (χ4v) is 1.92. The summed E-state index contributed by atoms with van der Waals surface area (Å²) in [7, 11) is 0. The van der Waals surface area contributed by atoms with Crippen LogP contribution in [0.3, 0.4) is 0 Å². The Labute approximate surface area is 117 Å². The molecule has 3 N–H and O–H groups in total. The van der Waals surface area contributed by atoms with Crippen molar-refractivity contribution < 1.29 is 9.94 Å². The van der Waals surface area contributed by atoms with E-state index >= 15 is 0 Å². The van der Waals surface area contributed by atoms with Crippen molar-refractivity contribution in [3.05, 3.63) is 48.0 Å². The maximum atomic E-state index is 8.74. The fourth-order valence-electron chi connectivity index (χ4n) is 1.92. The summed E-state index contributed by atoms with van der Waals surface area (Å²) >= 11 is 0. The highest BCUT2D eigenvalue weighted by Gasteiger charge is 2.07. The Morgan fingerprint density at radius 3 is 2.95 bits per heavy atom. The minimum absolute atomic E-state index is 0.0473. The number of nitrogens with two attached hydrogens (primary N) is 1. The van der Waals surface area contributed by atoms with E-state index in [1.54, 1.807) is 18.3 Å². The number of oxime groups is 1. The van der Waals surface area contributed by atoms with Crippen molar-refractivity contribution in [2.24, 2.45) is 10.9 Å². The second kappa shape index (κ2) is 6.60. The molecule has 0 amide bonds. The first-order valence-corrected chi connectivity index (χ1v) is 6.40. The molecule has 1 heterocycles. The van der Waals surface area contributed by atoms with Gasteiger partial charge in [0, 0.05) is 18.9 Å². The number of hydrogen-bond acceptors (Lipinski definition) is 4. The van der Waals surface area contributed by atoms with Crippen molar-refractivity contribution >= 4 is 5.84 Å². The first kappa shape index (κ1) is 13.9. The molecule has 0 radical (unpaired) electrons. The van der Waals surface area contributed by atoms with Crippen molar-refractivity contribution in [1.82, 2.24) is 9.55 Å². The van der Waals surface area contributed by atoms with Gasteiger partial charge in [0.25, 0.3) is 0 Å². The largest absolute Gasteiger partial charge is 0.493 e. The van der Waals surface area contributed by atoms with E-state index in [-0.39, 0.29) is 5.84 Å². The highest BCUT2D eigenvalue weighted by molar-refractivity contribution is 5.99. The number of para-hydroxylation sites is 1. The zero-order valence-electron chi connectivity index (χ0n) is 11.4. The lowest BCUT2D eigenvalue weighted by atomic mass is 10.2. The molecule has 0 spiro atoms. The molecule has 0 unspecified atom stereocenters. The molecule has 0 aliphatic heterocycles. The second-order valence-corrected chi connectivity index (χ2v) is 4.35. The summed E-state index contributed by atoms with van der Waals surface area (Å²) in [5.74, 6) is 1.65. The first-order chi connectivity index (χ1) is 9.72. The monoisotopic (exact) mass is 274 g/mol. The molecular formula is C14H18N4O2. The van der Waals surface area contributed by atoms with Gasteiger partial charge in [0.05, 0.1) is 12.2 Å². The fraction of sp³-hybridized carbons (Fsp3) is 0.286. The number of rotatable bonds is 6. The maximum Gasteiger partial charge on any atom is 0.173 e. The lowest BCUT2D eigenvalue weighted by Crippen LogP contribution is -2.15. The third-order valence-electron chi connectivity index (χ3n) is 3.00. The van der Waals surface area contributed by atoms with E-state index in [1.165, 1.54) is 0 Å². The normalized spacial score (nSPS) is 11.6. The molecule has 2 aromatic rings. The van der Waals surface area contributed by atoms with Crippen LogP contribution in [0.5, 0.6) is 5.75 Å². The van der Waals surface area contributed by atoms with Crippen LogP contribution in [-0.4, -0.2) is 27.2 Å². The molecular weight excluding hydrogens is 256 g/mol. The van der Waals surface area contributed by atoms with Gasteiger partial charge in [0.15, 0.2) is 5.84 Å². The third-order valence-corrected chi connectivity index (χ3v) is 3.00. The summed E-state index contributed by atoms with van der Waals surface area (Å²) in [4.78, 5) is 4.16. The van der Waals surface area contributed by atoms with Crippen molar-refractivity contribution in [1.29, 1.82) is 0 Å². The van der Waals surface area contributed by atoms with Gasteiger partial charge in [-0.3, -0.25) is 0 Å². The molecule has 0 aliphatic carbocycles. The molecule has 0 saturated heterocycles. The summed E-state index contributed by atoms with van der Waals surface area (Å²) in [6.07, 6.45) is 4.57. The van der Waals surface area contributed by atoms with Gasteiger partial charge in [0.2, 0.25) is 0 Å². The van der Waals surface area contributed by atoms with Gasteiger partial charge in [-0.05, 0) is 25.5 Å². The quantitative estimate of drug-likeness (QED) is 0.276. The van der Waals surface area contributed by atoms with Gasteiger partial charge < -0.3 is 20.2 Å². The van der Waals surface area contributed by atoms with Crippen molar-refractivity contribution in [3.8, 4) is 5.75 Å². The molecule has 0 atom stereocenters. The Kier molecular flexibility index (Phi) is 4.60. The minimum Gasteiger partial charge on any atom is -0.493 e. The number of aryl methyl sites for hydroxylation is 2. The molecule has 6 nitrogen and oxygen atoms in total. The molecule has 0 aliphatic rings. The number of hydrogen-bond donors (Lipinski definition) is 2. The van der Waals surface area contributed by atoms with Crippen LogP contribution in [0.2, 0.25) is 0 Å². The molecule has 1 aromatic heterocycles. The van der Waals surface area contributed by atoms with E-state index in [0.717, 1.165) is 18.8 Å². The molecule has 20 heavy (non-hydrogen) atoms. The Balaban J connectivity index is 1.90. The summed E-state index contributed by atoms with van der Waals surface area (Å²) in [6, 6.07) is 7.22. The van der Waals surface area contributed by atoms with Crippen LogP contribution in [0.1, 0.15) is 17.8 Å². The highest BCUT2D eigenvalue weighted by Crippen LogP contribution is 2.17. The molecule has 1 aromatic carbocycles. The van der Waals surface area contributed by atoms with E-state index in [0.29, 0.717) is 17.9 Å². The van der Waals surface area contributed by atoms with Crippen LogP contribution >= 0.6 is 0 Å². The average molecular weight is 274 g/mol. The first-order valence-electron chi connectivity index (χ1n) is 6.40. The van der Waals surface area contributed by atoms with Gasteiger partial charge in [-0.15, -0.1) is 0 Å². The number of aromatic nitrogens is 2. The average Bonchev–Trinajstić information content (AvgIpc) is 2.88. The van der Waals surface area contributed by atoms with Crippen molar-refractivity contribution in [2.75, 3.05) is 6.61 Å². The van der Waals surface area contributed by atoms with E-state index in [2.05, 4.69) is 14.7 Å². The predicted molar refractivity (Wildman–Crippen MR) is 76.0 cm³/mol. The number of ether oxygens (including phenoxy) is 1. The Morgan fingerprint density at radius 1 is 1.45 bits per heavy atom. The van der Waals surface area contributed by atoms with Gasteiger partial charge in [-0.2, -0.15) is 0 Å². The predicted octanol–water partition coefficient (Wildman–Crippen LogP) is 1.76. The summed E-state index contributed by atoms with van der Waals surface area (Å²) in [6.45, 7) is 3.36. The molecule has 2 rings (SSSR count). The van der Waals surface area contributed by atoms with Crippen LogP contribution in [0.25, 0.3) is 0 Å². The summed E-state index contributed by atoms with van der Waals surface area (Å²) in [5, 5.41) is 11.7. The van der Waals surface area contributed by atoms with Gasteiger partial charge in [-0.1, -0.05) is 17.3 Å².